The van der Waals surface area contributed by atoms with Gasteiger partial charge in [0.2, 0.25) is 5.91 Å². The van der Waals surface area contributed by atoms with Gasteiger partial charge < -0.3 is 5.73 Å². The number of hydrogen-bond acceptors (Lipinski definition) is 2. The maximum atomic E-state index is 9.49. The van der Waals surface area contributed by atoms with Crippen molar-refractivity contribution in [2.45, 2.75) is 6.92 Å². The molecule has 1 amide bonds. The fourth-order valence-electron chi connectivity index (χ4n) is 0. The van der Waals surface area contributed by atoms with E-state index in [1.54, 1.807) is 0 Å². The molecule has 0 aliphatic heterocycles. The van der Waals surface area contributed by atoms with Gasteiger partial charge in [0, 0.05) is 5.57 Å². The van der Waals surface area contributed by atoms with Crippen molar-refractivity contribution >= 4 is 11.9 Å². The first kappa shape index (κ1) is 12.1. The van der Waals surface area contributed by atoms with Crippen LogP contribution in [-0.4, -0.2) is 11.9 Å². The Bertz CT molecular complexity index is 172. The number of rotatable bonds is 2. The third-order valence-corrected chi connectivity index (χ3v) is 0.550. The van der Waals surface area contributed by atoms with Gasteiger partial charge in [-0.1, -0.05) is 13.2 Å². The van der Waals surface area contributed by atoms with E-state index < -0.39 is 11.9 Å². The van der Waals surface area contributed by atoms with Gasteiger partial charge >= 0.3 is 5.97 Å². The second kappa shape index (κ2) is 6.54. The predicted octanol–water partition coefficient (Wildman–Crippen LogP) is 0.177. The number of carbonyl (C=O) groups excluding carboxylic acids is 2. The molecule has 0 fully saturated rings. The molecule has 0 aromatic rings. The molecular formula is C7H10NO3. The lowest BCUT2D eigenvalue weighted by Gasteiger charge is -1.74. The van der Waals surface area contributed by atoms with Crippen molar-refractivity contribution in [2.75, 3.05) is 0 Å². The Kier molecular flexibility index (Phi) is 7.21. The maximum Gasteiger partial charge on any atom is 0.381 e. The lowest BCUT2D eigenvalue weighted by molar-refractivity contribution is -0.138. The smallest absolute Gasteiger partial charge is 0.366 e. The summed E-state index contributed by atoms with van der Waals surface area (Å²) in [6.45, 7) is 7.56. The number of carbonyl (C=O) groups is 2. The molecule has 4 nitrogen and oxygen atoms in total. The van der Waals surface area contributed by atoms with Crippen LogP contribution in [-0.2, 0) is 14.7 Å². The Balaban J connectivity index is 0. The number of amides is 1. The van der Waals surface area contributed by atoms with Crippen LogP contribution in [0.2, 0.25) is 0 Å². The molecule has 0 heterocycles. The lowest BCUT2D eigenvalue weighted by Crippen LogP contribution is -2.04. The number of nitrogens with two attached hydrogens (primary N) is 1. The molecule has 4 heteroatoms. The molecule has 0 bridgehead atoms. The summed E-state index contributed by atoms with van der Waals surface area (Å²) in [5.74, 6) is -1.67. The van der Waals surface area contributed by atoms with E-state index in [2.05, 4.69) is 18.9 Å². The summed E-state index contributed by atoms with van der Waals surface area (Å²) in [6, 6.07) is 0. The average molecular weight is 156 g/mol. The van der Waals surface area contributed by atoms with Gasteiger partial charge in [0.15, 0.2) is 0 Å². The van der Waals surface area contributed by atoms with Crippen molar-refractivity contribution in [1.29, 1.82) is 0 Å². The van der Waals surface area contributed by atoms with Gasteiger partial charge in [-0.2, -0.15) is 0 Å². The Morgan fingerprint density at radius 1 is 1.45 bits per heavy atom. The summed E-state index contributed by atoms with van der Waals surface area (Å²) in [4.78, 5) is 19.0. The molecule has 0 aromatic heterocycles. The van der Waals surface area contributed by atoms with Crippen molar-refractivity contribution in [2.24, 2.45) is 5.73 Å². The molecule has 0 aromatic carbocycles. The molecule has 1 radical (unpaired) electrons. The Labute approximate surface area is 65.0 Å². The van der Waals surface area contributed by atoms with Crippen molar-refractivity contribution in [1.82, 2.24) is 0 Å². The molecule has 0 rings (SSSR count). The zero-order chi connectivity index (χ0) is 9.44. The van der Waals surface area contributed by atoms with E-state index >= 15 is 0 Å². The molecular weight excluding hydrogens is 146 g/mol. The highest BCUT2D eigenvalue weighted by Crippen LogP contribution is 1.82. The van der Waals surface area contributed by atoms with Crippen LogP contribution in [0.15, 0.2) is 24.8 Å². The van der Waals surface area contributed by atoms with Gasteiger partial charge in [0.25, 0.3) is 0 Å². The molecule has 0 saturated carbocycles. The van der Waals surface area contributed by atoms with Gasteiger partial charge in [-0.05, 0) is 13.0 Å². The van der Waals surface area contributed by atoms with Gasteiger partial charge in [-0.25, -0.2) is 9.90 Å². The van der Waals surface area contributed by atoms with Crippen molar-refractivity contribution in [3.63, 3.8) is 0 Å². The largest absolute Gasteiger partial charge is 0.381 e. The molecule has 0 saturated heterocycles. The van der Waals surface area contributed by atoms with Gasteiger partial charge in [0.1, 0.15) is 0 Å². The van der Waals surface area contributed by atoms with Crippen molar-refractivity contribution < 1.29 is 14.7 Å². The van der Waals surface area contributed by atoms with Crippen LogP contribution in [0.25, 0.3) is 0 Å². The van der Waals surface area contributed by atoms with Crippen molar-refractivity contribution in [3.05, 3.63) is 24.8 Å². The highest BCUT2D eigenvalue weighted by molar-refractivity contribution is 5.85. The van der Waals surface area contributed by atoms with Gasteiger partial charge in [-0.3, -0.25) is 4.79 Å². The standard InChI is InChI=1S/C4H5O2.C3H5NO/c1-3(2)4(5)6;1-2-3(4)5/h1H2,2H3;2H,1H2,(H2,4,5). The summed E-state index contributed by atoms with van der Waals surface area (Å²) in [5, 5.41) is 9.49. The number of primary amides is 1. The van der Waals surface area contributed by atoms with E-state index in [4.69, 9.17) is 0 Å². The normalized spacial score (nSPS) is 7.00. The highest BCUT2D eigenvalue weighted by Gasteiger charge is 1.94. The van der Waals surface area contributed by atoms with E-state index in [0.29, 0.717) is 0 Å². The molecule has 11 heavy (non-hydrogen) atoms. The van der Waals surface area contributed by atoms with Crippen LogP contribution in [0, 0.1) is 0 Å². The first-order valence-corrected chi connectivity index (χ1v) is 2.70. The molecule has 61 valence electrons. The van der Waals surface area contributed by atoms with Crippen LogP contribution in [0.3, 0.4) is 0 Å². The van der Waals surface area contributed by atoms with Crippen LogP contribution in [0.5, 0.6) is 0 Å². The summed E-state index contributed by atoms with van der Waals surface area (Å²) < 4.78 is 0. The van der Waals surface area contributed by atoms with Gasteiger partial charge in [-0.15, -0.1) is 0 Å². The minimum atomic E-state index is -1.19. The number of hydrogen-bond donors (Lipinski definition) is 1. The Morgan fingerprint density at radius 2 is 1.64 bits per heavy atom. The molecule has 0 unspecified atom stereocenters. The predicted molar refractivity (Wildman–Crippen MR) is 39.9 cm³/mol. The van der Waals surface area contributed by atoms with E-state index in [1.165, 1.54) is 6.92 Å². The Hall–Kier alpha value is -1.58. The third kappa shape index (κ3) is 17.8. The van der Waals surface area contributed by atoms with E-state index in [9.17, 15) is 14.7 Å². The second-order valence-electron chi connectivity index (χ2n) is 1.67. The van der Waals surface area contributed by atoms with E-state index in [0.717, 1.165) is 6.08 Å². The fraction of sp³-hybridized carbons (Fsp3) is 0.143. The minimum absolute atomic E-state index is 0.0648. The highest BCUT2D eigenvalue weighted by atomic mass is 16.4. The zero-order valence-electron chi connectivity index (χ0n) is 6.29. The topological polar surface area (TPSA) is 80.1 Å². The quantitative estimate of drug-likeness (QED) is 0.578. The van der Waals surface area contributed by atoms with Crippen LogP contribution < -0.4 is 5.73 Å². The molecule has 0 aliphatic rings. The summed E-state index contributed by atoms with van der Waals surface area (Å²) in [5.41, 5.74) is 4.60. The Morgan fingerprint density at radius 3 is 1.64 bits per heavy atom. The lowest BCUT2D eigenvalue weighted by atomic mass is 10.4. The summed E-state index contributed by atoms with van der Waals surface area (Å²) in [6.07, 6.45) is 1.06. The average Bonchev–Trinajstić information content (AvgIpc) is 1.89. The minimum Gasteiger partial charge on any atom is -0.366 e. The summed E-state index contributed by atoms with van der Waals surface area (Å²) >= 11 is 0. The summed E-state index contributed by atoms with van der Waals surface area (Å²) in [7, 11) is 0. The molecule has 2 N–H and O–H groups in total. The van der Waals surface area contributed by atoms with Crippen LogP contribution in [0.1, 0.15) is 6.92 Å². The first-order valence-electron chi connectivity index (χ1n) is 2.70. The molecule has 0 spiro atoms. The zero-order valence-corrected chi connectivity index (χ0v) is 6.29. The third-order valence-electron chi connectivity index (χ3n) is 0.550. The SMILES string of the molecule is C=C(C)C([O])=O.C=CC(N)=O. The van der Waals surface area contributed by atoms with Crippen LogP contribution in [0.4, 0.5) is 0 Å². The van der Waals surface area contributed by atoms with E-state index in [-0.39, 0.29) is 5.57 Å². The maximum absolute atomic E-state index is 9.49. The molecule has 0 aliphatic carbocycles. The van der Waals surface area contributed by atoms with Crippen LogP contribution >= 0.6 is 0 Å². The first-order chi connectivity index (χ1) is 4.91. The molecule has 0 atom stereocenters. The fourth-order valence-corrected chi connectivity index (χ4v) is 0. The second-order valence-corrected chi connectivity index (χ2v) is 1.67. The van der Waals surface area contributed by atoms with E-state index in [1.807, 2.05) is 0 Å². The van der Waals surface area contributed by atoms with Crippen molar-refractivity contribution in [3.8, 4) is 0 Å². The van der Waals surface area contributed by atoms with Gasteiger partial charge in [0.05, 0.1) is 0 Å². The monoisotopic (exact) mass is 156 g/mol.